The van der Waals surface area contributed by atoms with E-state index in [1.165, 1.54) is 12.8 Å². The summed E-state index contributed by atoms with van der Waals surface area (Å²) < 4.78 is 1.86. The molecule has 0 radical (unpaired) electrons. The van der Waals surface area contributed by atoms with Crippen molar-refractivity contribution in [3.05, 3.63) is 17.3 Å². The molecule has 0 unspecified atom stereocenters. The van der Waals surface area contributed by atoms with Crippen LogP contribution in [0.2, 0.25) is 5.02 Å². The van der Waals surface area contributed by atoms with Crippen LogP contribution in [0.15, 0.2) is 12.3 Å². The first-order valence-corrected chi connectivity index (χ1v) is 4.59. The van der Waals surface area contributed by atoms with Crippen molar-refractivity contribution in [2.75, 3.05) is 0 Å². The molecule has 0 spiro atoms. The molecule has 0 saturated heterocycles. The molecule has 0 N–H and O–H groups in total. The molecule has 2 aromatic rings. The Kier molecular flexibility index (Phi) is 1.35. The minimum Gasteiger partial charge on any atom is -0.235 e. The highest BCUT2D eigenvalue weighted by Crippen LogP contribution is 2.36. The molecular weight excluding hydrogens is 188 g/mol. The van der Waals surface area contributed by atoms with E-state index in [9.17, 15) is 0 Å². The maximum Gasteiger partial charge on any atom is 0.180 e. The summed E-state index contributed by atoms with van der Waals surface area (Å²) in [6.45, 7) is 0. The summed E-state index contributed by atoms with van der Waals surface area (Å²) in [5.74, 6) is 0. The van der Waals surface area contributed by atoms with Gasteiger partial charge in [-0.2, -0.15) is 0 Å². The third kappa shape index (κ3) is 1.02. The molecule has 0 atom stereocenters. The molecule has 66 valence electrons. The van der Waals surface area contributed by atoms with Gasteiger partial charge in [-0.05, 0) is 18.9 Å². The van der Waals surface area contributed by atoms with Crippen LogP contribution in [0.3, 0.4) is 0 Å². The quantitative estimate of drug-likeness (QED) is 0.696. The van der Waals surface area contributed by atoms with Gasteiger partial charge in [0.2, 0.25) is 0 Å². The molecule has 0 aliphatic heterocycles. The van der Waals surface area contributed by atoms with Gasteiger partial charge in [0.05, 0.1) is 11.1 Å². The fourth-order valence-electron chi connectivity index (χ4n) is 1.38. The standard InChI is InChI=1S/C8H7ClN4/c9-6-3-4-10-8-7(6)11-12-13(8)5-1-2-5/h3-5H,1-2H2. The maximum atomic E-state index is 5.94. The van der Waals surface area contributed by atoms with Crippen LogP contribution in [0.25, 0.3) is 11.2 Å². The zero-order valence-corrected chi connectivity index (χ0v) is 7.57. The Morgan fingerprint density at radius 3 is 3.08 bits per heavy atom. The summed E-state index contributed by atoms with van der Waals surface area (Å²) in [7, 11) is 0. The lowest BCUT2D eigenvalue weighted by Gasteiger charge is -1.95. The van der Waals surface area contributed by atoms with Crippen LogP contribution >= 0.6 is 11.6 Å². The van der Waals surface area contributed by atoms with Crippen molar-refractivity contribution in [2.45, 2.75) is 18.9 Å². The zero-order valence-electron chi connectivity index (χ0n) is 6.81. The number of halogens is 1. The molecule has 3 rings (SSSR count). The lowest BCUT2D eigenvalue weighted by atomic mass is 10.4. The van der Waals surface area contributed by atoms with E-state index < -0.39 is 0 Å². The smallest absolute Gasteiger partial charge is 0.180 e. The SMILES string of the molecule is Clc1ccnc2c1nnn2C1CC1. The highest BCUT2D eigenvalue weighted by molar-refractivity contribution is 6.34. The van der Waals surface area contributed by atoms with E-state index >= 15 is 0 Å². The first-order chi connectivity index (χ1) is 6.36. The Morgan fingerprint density at radius 1 is 1.46 bits per heavy atom. The van der Waals surface area contributed by atoms with E-state index in [0.717, 1.165) is 5.65 Å². The lowest BCUT2D eigenvalue weighted by molar-refractivity contribution is 0.625. The molecular formula is C8H7ClN4. The van der Waals surface area contributed by atoms with Gasteiger partial charge >= 0.3 is 0 Å². The van der Waals surface area contributed by atoms with Crippen LogP contribution < -0.4 is 0 Å². The van der Waals surface area contributed by atoms with Crippen molar-refractivity contribution in [3.63, 3.8) is 0 Å². The van der Waals surface area contributed by atoms with Gasteiger partial charge in [-0.1, -0.05) is 16.8 Å². The first-order valence-electron chi connectivity index (χ1n) is 4.21. The number of pyridine rings is 1. The van der Waals surface area contributed by atoms with Crippen molar-refractivity contribution in [1.29, 1.82) is 0 Å². The number of nitrogens with zero attached hydrogens (tertiary/aromatic N) is 4. The molecule has 5 heteroatoms. The summed E-state index contributed by atoms with van der Waals surface area (Å²) in [4.78, 5) is 4.22. The van der Waals surface area contributed by atoms with E-state index in [1.54, 1.807) is 12.3 Å². The molecule has 1 fully saturated rings. The van der Waals surface area contributed by atoms with Gasteiger partial charge in [0, 0.05) is 6.20 Å². The van der Waals surface area contributed by atoms with E-state index in [4.69, 9.17) is 11.6 Å². The molecule has 0 amide bonds. The number of rotatable bonds is 1. The first kappa shape index (κ1) is 7.26. The van der Waals surface area contributed by atoms with Crippen LogP contribution in [0.1, 0.15) is 18.9 Å². The van der Waals surface area contributed by atoms with Crippen LogP contribution in [0.5, 0.6) is 0 Å². The number of fused-ring (bicyclic) bond motifs is 1. The average Bonchev–Trinajstić information content (AvgIpc) is 2.87. The topological polar surface area (TPSA) is 43.6 Å². The van der Waals surface area contributed by atoms with Crippen molar-refractivity contribution in [3.8, 4) is 0 Å². The third-order valence-corrected chi connectivity index (χ3v) is 2.51. The molecule has 2 heterocycles. The Balaban J connectivity index is 2.32. The predicted octanol–water partition coefficient (Wildman–Crippen LogP) is 1.81. The van der Waals surface area contributed by atoms with Crippen LogP contribution in [0.4, 0.5) is 0 Å². The summed E-state index contributed by atoms with van der Waals surface area (Å²) in [6, 6.07) is 2.23. The minimum absolute atomic E-state index is 0.496. The monoisotopic (exact) mass is 194 g/mol. The maximum absolute atomic E-state index is 5.94. The summed E-state index contributed by atoms with van der Waals surface area (Å²) >= 11 is 5.94. The lowest BCUT2D eigenvalue weighted by Crippen LogP contribution is -1.96. The second-order valence-corrected chi connectivity index (χ2v) is 3.64. The fourth-order valence-corrected chi connectivity index (χ4v) is 1.56. The molecule has 13 heavy (non-hydrogen) atoms. The predicted molar refractivity (Wildman–Crippen MR) is 48.6 cm³/mol. The van der Waals surface area contributed by atoms with E-state index in [0.29, 0.717) is 16.6 Å². The van der Waals surface area contributed by atoms with Gasteiger partial charge in [-0.3, -0.25) is 0 Å². The van der Waals surface area contributed by atoms with Crippen molar-refractivity contribution >= 4 is 22.8 Å². The number of aromatic nitrogens is 4. The molecule has 0 bridgehead atoms. The summed E-state index contributed by atoms with van der Waals surface area (Å²) in [5, 5.41) is 8.66. The number of hydrogen-bond donors (Lipinski definition) is 0. The van der Waals surface area contributed by atoms with Gasteiger partial charge in [-0.25, -0.2) is 9.67 Å². The summed E-state index contributed by atoms with van der Waals surface area (Å²) in [5.41, 5.74) is 1.51. The highest BCUT2D eigenvalue weighted by Gasteiger charge is 2.27. The van der Waals surface area contributed by atoms with Crippen LogP contribution in [-0.2, 0) is 0 Å². The molecule has 0 aromatic carbocycles. The van der Waals surface area contributed by atoms with E-state index in [1.807, 2.05) is 4.68 Å². The fraction of sp³-hybridized carbons (Fsp3) is 0.375. The molecule has 1 saturated carbocycles. The van der Waals surface area contributed by atoms with E-state index in [2.05, 4.69) is 15.3 Å². The second kappa shape index (κ2) is 2.42. The average molecular weight is 195 g/mol. The zero-order chi connectivity index (χ0) is 8.84. The van der Waals surface area contributed by atoms with Crippen molar-refractivity contribution in [2.24, 2.45) is 0 Å². The Morgan fingerprint density at radius 2 is 2.31 bits per heavy atom. The van der Waals surface area contributed by atoms with Gasteiger partial charge in [0.1, 0.15) is 0 Å². The number of hydrogen-bond acceptors (Lipinski definition) is 3. The van der Waals surface area contributed by atoms with Crippen LogP contribution in [-0.4, -0.2) is 20.0 Å². The van der Waals surface area contributed by atoms with Gasteiger partial charge < -0.3 is 0 Å². The Hall–Kier alpha value is -1.16. The molecule has 4 nitrogen and oxygen atoms in total. The van der Waals surface area contributed by atoms with Crippen molar-refractivity contribution in [1.82, 2.24) is 20.0 Å². The molecule has 1 aliphatic rings. The van der Waals surface area contributed by atoms with Crippen LogP contribution in [0, 0.1) is 0 Å². The largest absolute Gasteiger partial charge is 0.235 e. The third-order valence-electron chi connectivity index (χ3n) is 2.21. The van der Waals surface area contributed by atoms with Gasteiger partial charge in [0.25, 0.3) is 0 Å². The minimum atomic E-state index is 0.496. The van der Waals surface area contributed by atoms with Crippen molar-refractivity contribution < 1.29 is 0 Å². The molecule has 2 aromatic heterocycles. The van der Waals surface area contributed by atoms with Gasteiger partial charge in [-0.15, -0.1) is 5.10 Å². The normalized spacial score (nSPS) is 16.7. The Labute approximate surface area is 79.5 Å². The summed E-state index contributed by atoms with van der Waals surface area (Å²) in [6.07, 6.45) is 4.03. The Bertz CT molecular complexity index is 460. The highest BCUT2D eigenvalue weighted by atomic mass is 35.5. The van der Waals surface area contributed by atoms with Gasteiger partial charge in [0.15, 0.2) is 11.2 Å². The second-order valence-electron chi connectivity index (χ2n) is 3.23. The van der Waals surface area contributed by atoms with E-state index in [-0.39, 0.29) is 0 Å². The molecule has 1 aliphatic carbocycles.